The van der Waals surface area contributed by atoms with Crippen molar-refractivity contribution in [1.29, 1.82) is 0 Å². The van der Waals surface area contributed by atoms with Crippen LogP contribution in [0.1, 0.15) is 0 Å². The molecule has 0 atom stereocenters. The molecule has 146 valence electrons. The smallest absolute Gasteiger partial charge is 0.341 e. The largest absolute Gasteiger partial charge is 0.480 e. The number of aliphatic carboxylic acids is 1. The SMILES string of the molecule is CS(=O)(=O)Nc1ccc(NS(=O)(=O)c2ccc(OCC(=O)O)c(Cl)c2)cc1. The van der Waals surface area contributed by atoms with Crippen LogP contribution >= 0.6 is 11.6 Å². The van der Waals surface area contributed by atoms with E-state index in [4.69, 9.17) is 21.4 Å². The van der Waals surface area contributed by atoms with Gasteiger partial charge >= 0.3 is 5.97 Å². The van der Waals surface area contributed by atoms with Crippen molar-refractivity contribution in [2.45, 2.75) is 4.90 Å². The number of ether oxygens (including phenoxy) is 1. The topological polar surface area (TPSA) is 139 Å². The average molecular weight is 435 g/mol. The summed E-state index contributed by atoms with van der Waals surface area (Å²) >= 11 is 5.93. The number of sulfonamides is 2. The summed E-state index contributed by atoms with van der Waals surface area (Å²) in [4.78, 5) is 10.3. The normalized spacial score (nSPS) is 11.6. The number of benzene rings is 2. The van der Waals surface area contributed by atoms with Crippen LogP contribution in [0.25, 0.3) is 0 Å². The van der Waals surface area contributed by atoms with Crippen LogP contribution in [-0.4, -0.2) is 40.8 Å². The third kappa shape index (κ3) is 6.31. The van der Waals surface area contributed by atoms with Gasteiger partial charge in [0.15, 0.2) is 6.61 Å². The maximum Gasteiger partial charge on any atom is 0.341 e. The highest BCUT2D eigenvalue weighted by Crippen LogP contribution is 2.28. The number of anilines is 2. The summed E-state index contributed by atoms with van der Waals surface area (Å²) in [6.45, 7) is -0.613. The van der Waals surface area contributed by atoms with E-state index >= 15 is 0 Å². The van der Waals surface area contributed by atoms with Crippen molar-refractivity contribution in [2.75, 3.05) is 22.3 Å². The zero-order valence-corrected chi connectivity index (χ0v) is 16.2. The molecule has 2 aromatic carbocycles. The van der Waals surface area contributed by atoms with Gasteiger partial charge in [-0.2, -0.15) is 0 Å². The van der Waals surface area contributed by atoms with Crippen LogP contribution in [0.5, 0.6) is 5.75 Å². The van der Waals surface area contributed by atoms with E-state index in [1.165, 1.54) is 36.4 Å². The van der Waals surface area contributed by atoms with Crippen LogP contribution in [0, 0.1) is 0 Å². The molecule has 0 saturated carbocycles. The van der Waals surface area contributed by atoms with Gasteiger partial charge in [-0.05, 0) is 42.5 Å². The molecule has 2 rings (SSSR count). The van der Waals surface area contributed by atoms with E-state index in [9.17, 15) is 21.6 Å². The molecule has 0 bridgehead atoms. The van der Waals surface area contributed by atoms with E-state index in [0.717, 1.165) is 12.3 Å². The molecule has 0 aliphatic carbocycles. The first-order valence-electron chi connectivity index (χ1n) is 7.21. The second-order valence-electron chi connectivity index (χ2n) is 5.33. The Labute approximate surface area is 161 Å². The van der Waals surface area contributed by atoms with Crippen molar-refractivity contribution in [3.05, 3.63) is 47.5 Å². The van der Waals surface area contributed by atoms with Gasteiger partial charge in [-0.15, -0.1) is 0 Å². The predicted molar refractivity (Wildman–Crippen MR) is 100 cm³/mol. The minimum atomic E-state index is -3.98. The summed E-state index contributed by atoms with van der Waals surface area (Å²) in [5.41, 5.74) is 0.486. The Bertz CT molecular complexity index is 1050. The quantitative estimate of drug-likeness (QED) is 0.577. The Morgan fingerprint density at radius 1 is 1.04 bits per heavy atom. The fourth-order valence-corrected chi connectivity index (χ4v) is 3.89. The number of hydrogen-bond acceptors (Lipinski definition) is 6. The van der Waals surface area contributed by atoms with Gasteiger partial charge < -0.3 is 9.84 Å². The predicted octanol–water partition coefficient (Wildman–Crippen LogP) is 1.98. The minimum Gasteiger partial charge on any atom is -0.480 e. The molecule has 0 aromatic heterocycles. The first-order chi connectivity index (χ1) is 12.5. The first-order valence-corrected chi connectivity index (χ1v) is 11.0. The lowest BCUT2D eigenvalue weighted by atomic mass is 10.3. The van der Waals surface area contributed by atoms with Gasteiger partial charge in [0, 0.05) is 11.4 Å². The molecule has 3 N–H and O–H groups in total. The molecule has 0 fully saturated rings. The average Bonchev–Trinajstić information content (AvgIpc) is 2.53. The molecule has 12 heteroatoms. The molecule has 0 saturated heterocycles. The van der Waals surface area contributed by atoms with Gasteiger partial charge in [0.05, 0.1) is 16.2 Å². The summed E-state index contributed by atoms with van der Waals surface area (Å²) in [5, 5.41) is 8.52. The molecular weight excluding hydrogens is 420 g/mol. The van der Waals surface area contributed by atoms with Gasteiger partial charge in [0.1, 0.15) is 5.75 Å². The van der Waals surface area contributed by atoms with Crippen LogP contribution in [0.4, 0.5) is 11.4 Å². The number of hydrogen-bond donors (Lipinski definition) is 3. The summed E-state index contributed by atoms with van der Waals surface area (Å²) in [5.74, 6) is -1.16. The molecule has 0 aliphatic rings. The summed E-state index contributed by atoms with van der Waals surface area (Å²) in [6, 6.07) is 9.15. The van der Waals surface area contributed by atoms with Gasteiger partial charge in [-0.3, -0.25) is 9.44 Å². The van der Waals surface area contributed by atoms with Crippen molar-refractivity contribution in [3.63, 3.8) is 0 Å². The number of carboxylic acid groups (broad SMARTS) is 1. The van der Waals surface area contributed by atoms with Crippen molar-refractivity contribution in [2.24, 2.45) is 0 Å². The van der Waals surface area contributed by atoms with Crippen LogP contribution < -0.4 is 14.2 Å². The number of halogens is 1. The number of rotatable bonds is 8. The lowest BCUT2D eigenvalue weighted by Crippen LogP contribution is -2.14. The van der Waals surface area contributed by atoms with Crippen molar-refractivity contribution in [3.8, 4) is 5.75 Å². The van der Waals surface area contributed by atoms with E-state index in [0.29, 0.717) is 0 Å². The van der Waals surface area contributed by atoms with Gasteiger partial charge in [-0.1, -0.05) is 11.6 Å². The second-order valence-corrected chi connectivity index (χ2v) is 9.17. The molecular formula is C15H15ClN2O7S2. The Kier molecular flexibility index (Phi) is 6.19. The molecule has 9 nitrogen and oxygen atoms in total. The minimum absolute atomic E-state index is 0.0363. The maximum atomic E-state index is 12.4. The zero-order chi connectivity index (χ0) is 20.2. The lowest BCUT2D eigenvalue weighted by Gasteiger charge is -2.11. The fraction of sp³-hybridized carbons (Fsp3) is 0.133. The molecule has 2 aromatic rings. The maximum absolute atomic E-state index is 12.4. The van der Waals surface area contributed by atoms with Crippen molar-refractivity contribution in [1.82, 2.24) is 0 Å². The highest BCUT2D eigenvalue weighted by Gasteiger charge is 2.17. The Morgan fingerprint density at radius 2 is 1.59 bits per heavy atom. The first kappa shape index (κ1) is 20.8. The second kappa shape index (κ2) is 8.03. The molecule has 0 amide bonds. The van der Waals surface area contributed by atoms with Crippen molar-refractivity contribution < 1.29 is 31.5 Å². The third-order valence-electron chi connectivity index (χ3n) is 3.01. The number of carboxylic acids is 1. The monoisotopic (exact) mass is 434 g/mol. The van der Waals surface area contributed by atoms with E-state index in [2.05, 4.69) is 9.44 Å². The highest BCUT2D eigenvalue weighted by atomic mass is 35.5. The van der Waals surface area contributed by atoms with E-state index in [1.807, 2.05) is 0 Å². The van der Waals surface area contributed by atoms with Crippen LogP contribution in [-0.2, 0) is 24.8 Å². The fourth-order valence-electron chi connectivity index (χ4n) is 1.94. The molecule has 0 unspecified atom stereocenters. The molecule has 0 spiro atoms. The molecule has 0 radical (unpaired) electrons. The Hall–Kier alpha value is -2.50. The van der Waals surface area contributed by atoms with Crippen molar-refractivity contribution >= 4 is 49.0 Å². The molecule has 0 aliphatic heterocycles. The third-order valence-corrected chi connectivity index (χ3v) is 5.29. The highest BCUT2D eigenvalue weighted by molar-refractivity contribution is 7.92. The van der Waals surface area contributed by atoms with Gasteiger partial charge in [-0.25, -0.2) is 21.6 Å². The summed E-state index contributed by atoms with van der Waals surface area (Å²) in [7, 11) is -7.42. The summed E-state index contributed by atoms with van der Waals surface area (Å²) in [6.07, 6.45) is 0.997. The number of carbonyl (C=O) groups is 1. The van der Waals surface area contributed by atoms with Crippen LogP contribution in [0.2, 0.25) is 5.02 Å². The van der Waals surface area contributed by atoms with E-state index < -0.39 is 32.6 Å². The molecule has 27 heavy (non-hydrogen) atoms. The lowest BCUT2D eigenvalue weighted by molar-refractivity contribution is -0.139. The molecule has 0 heterocycles. The van der Waals surface area contributed by atoms with Gasteiger partial charge in [0.25, 0.3) is 10.0 Å². The Morgan fingerprint density at radius 3 is 2.07 bits per heavy atom. The summed E-state index contributed by atoms with van der Waals surface area (Å²) < 4.78 is 56.7. The standard InChI is InChI=1S/C15H15ClN2O7S2/c1-26(21,22)17-10-2-4-11(5-3-10)18-27(23,24)12-6-7-14(13(16)8-12)25-9-15(19)20/h2-8,17-18H,9H2,1H3,(H,19,20). The zero-order valence-electron chi connectivity index (χ0n) is 13.8. The van der Waals surface area contributed by atoms with Crippen LogP contribution in [0.15, 0.2) is 47.4 Å². The van der Waals surface area contributed by atoms with Crippen LogP contribution in [0.3, 0.4) is 0 Å². The van der Waals surface area contributed by atoms with E-state index in [-0.39, 0.29) is 27.0 Å². The van der Waals surface area contributed by atoms with E-state index in [1.54, 1.807) is 0 Å². The van der Waals surface area contributed by atoms with Gasteiger partial charge in [0.2, 0.25) is 10.0 Å². The Balaban J connectivity index is 2.16. The number of nitrogens with one attached hydrogen (secondary N) is 2.